The van der Waals surface area contributed by atoms with Crippen molar-refractivity contribution in [3.63, 3.8) is 0 Å². The number of amides is 2. The molecule has 1 aliphatic rings. The molecule has 1 aromatic carbocycles. The van der Waals surface area contributed by atoms with Gasteiger partial charge >= 0.3 is 0 Å². The Bertz CT molecular complexity index is 471. The van der Waals surface area contributed by atoms with Gasteiger partial charge in [0.15, 0.2) is 0 Å². The van der Waals surface area contributed by atoms with E-state index in [1.807, 2.05) is 6.07 Å². The zero-order valence-electron chi connectivity index (χ0n) is 11.5. The van der Waals surface area contributed by atoms with Gasteiger partial charge < -0.3 is 15.7 Å². The van der Waals surface area contributed by atoms with Gasteiger partial charge in [-0.05, 0) is 37.8 Å². The minimum Gasteiger partial charge on any atom is -0.391 e. The first-order chi connectivity index (χ1) is 9.58. The highest BCUT2D eigenvalue weighted by atomic mass is 16.3. The summed E-state index contributed by atoms with van der Waals surface area (Å²) in [6.07, 6.45) is 1.57. The molecule has 2 rings (SSSR count). The number of hydrogen-bond acceptors (Lipinski definition) is 3. The molecule has 0 spiro atoms. The van der Waals surface area contributed by atoms with Crippen molar-refractivity contribution in [1.82, 2.24) is 10.6 Å². The van der Waals surface area contributed by atoms with Crippen LogP contribution in [-0.4, -0.2) is 35.6 Å². The molecule has 2 atom stereocenters. The first-order valence-corrected chi connectivity index (χ1v) is 6.89. The van der Waals surface area contributed by atoms with Crippen LogP contribution in [0.15, 0.2) is 30.3 Å². The quantitative estimate of drug-likeness (QED) is 0.715. The zero-order chi connectivity index (χ0) is 14.5. The van der Waals surface area contributed by atoms with Gasteiger partial charge in [0.2, 0.25) is 5.91 Å². The molecule has 2 unspecified atom stereocenters. The van der Waals surface area contributed by atoms with Gasteiger partial charge in [0.1, 0.15) is 6.04 Å². The number of benzene rings is 1. The molecular weight excluding hydrogens is 256 g/mol. The number of nitrogens with one attached hydrogen (secondary N) is 2. The molecule has 2 amide bonds. The van der Waals surface area contributed by atoms with Crippen molar-refractivity contribution in [1.29, 1.82) is 0 Å². The van der Waals surface area contributed by atoms with Crippen molar-refractivity contribution in [3.05, 3.63) is 35.9 Å². The van der Waals surface area contributed by atoms with E-state index in [1.165, 1.54) is 0 Å². The maximum absolute atomic E-state index is 11.9. The summed E-state index contributed by atoms with van der Waals surface area (Å²) in [7, 11) is 0. The summed E-state index contributed by atoms with van der Waals surface area (Å²) in [6, 6.07) is 8.12. The fourth-order valence-electron chi connectivity index (χ4n) is 1.94. The highest BCUT2D eigenvalue weighted by molar-refractivity contribution is 5.97. The first-order valence-electron chi connectivity index (χ1n) is 6.89. The van der Waals surface area contributed by atoms with Crippen LogP contribution >= 0.6 is 0 Å². The first kappa shape index (κ1) is 14.5. The van der Waals surface area contributed by atoms with E-state index in [0.717, 1.165) is 12.8 Å². The predicted molar refractivity (Wildman–Crippen MR) is 75.1 cm³/mol. The summed E-state index contributed by atoms with van der Waals surface area (Å²) in [6.45, 7) is 1.87. The van der Waals surface area contributed by atoms with Crippen LogP contribution in [0, 0.1) is 5.92 Å². The van der Waals surface area contributed by atoms with Crippen molar-refractivity contribution in [3.8, 4) is 0 Å². The monoisotopic (exact) mass is 276 g/mol. The summed E-state index contributed by atoms with van der Waals surface area (Å²) in [5.41, 5.74) is 0.519. The van der Waals surface area contributed by atoms with Gasteiger partial charge in [-0.3, -0.25) is 9.59 Å². The van der Waals surface area contributed by atoms with Gasteiger partial charge in [0.25, 0.3) is 5.91 Å². The van der Waals surface area contributed by atoms with Crippen LogP contribution in [0.25, 0.3) is 0 Å². The van der Waals surface area contributed by atoms with Gasteiger partial charge in [-0.2, -0.15) is 0 Å². The third-order valence-electron chi connectivity index (χ3n) is 3.43. The van der Waals surface area contributed by atoms with E-state index < -0.39 is 12.1 Å². The predicted octanol–water partition coefficient (Wildman–Crippen LogP) is 0.692. The Morgan fingerprint density at radius 2 is 1.95 bits per heavy atom. The lowest BCUT2D eigenvalue weighted by Gasteiger charge is -2.16. The number of carbonyl (C=O) groups is 2. The molecular formula is C15H20N2O3. The summed E-state index contributed by atoms with van der Waals surface area (Å²) in [5.74, 6) is -0.241. The molecule has 108 valence electrons. The zero-order valence-corrected chi connectivity index (χ0v) is 11.5. The van der Waals surface area contributed by atoms with Crippen LogP contribution in [0.5, 0.6) is 0 Å². The third-order valence-corrected chi connectivity index (χ3v) is 3.43. The Morgan fingerprint density at radius 3 is 2.55 bits per heavy atom. The standard InChI is InChI=1S/C15H20N2O3/c1-10(14(19)16-9-13(18)11-7-8-11)17-15(20)12-5-3-2-4-6-12/h2-6,10-11,13,18H,7-9H2,1H3,(H,16,19)(H,17,20). The van der Waals surface area contributed by atoms with E-state index >= 15 is 0 Å². The highest BCUT2D eigenvalue weighted by Crippen LogP contribution is 2.32. The maximum Gasteiger partial charge on any atom is 0.251 e. The molecule has 0 bridgehead atoms. The number of aliphatic hydroxyl groups is 1. The van der Waals surface area contributed by atoms with Crippen molar-refractivity contribution in [2.75, 3.05) is 6.54 Å². The Morgan fingerprint density at radius 1 is 1.30 bits per heavy atom. The van der Waals surface area contributed by atoms with Gasteiger partial charge in [0, 0.05) is 12.1 Å². The molecule has 20 heavy (non-hydrogen) atoms. The van der Waals surface area contributed by atoms with Gasteiger partial charge in [0.05, 0.1) is 6.10 Å². The molecule has 1 aromatic rings. The average Bonchev–Trinajstić information content (AvgIpc) is 3.29. The molecule has 1 saturated carbocycles. The van der Waals surface area contributed by atoms with Crippen molar-refractivity contribution in [2.24, 2.45) is 5.92 Å². The van der Waals surface area contributed by atoms with Crippen LogP contribution in [-0.2, 0) is 4.79 Å². The fraction of sp³-hybridized carbons (Fsp3) is 0.467. The van der Waals surface area contributed by atoms with E-state index in [9.17, 15) is 14.7 Å². The normalized spacial score (nSPS) is 17.1. The summed E-state index contributed by atoms with van der Waals surface area (Å²) in [4.78, 5) is 23.7. The van der Waals surface area contributed by atoms with Crippen LogP contribution in [0.3, 0.4) is 0 Å². The van der Waals surface area contributed by atoms with Gasteiger partial charge in [-0.25, -0.2) is 0 Å². The molecule has 5 heteroatoms. The number of aliphatic hydroxyl groups excluding tert-OH is 1. The van der Waals surface area contributed by atoms with Crippen LogP contribution in [0.4, 0.5) is 0 Å². The number of carbonyl (C=O) groups excluding carboxylic acids is 2. The van der Waals surface area contributed by atoms with E-state index in [-0.39, 0.29) is 18.4 Å². The molecule has 0 radical (unpaired) electrons. The van der Waals surface area contributed by atoms with Crippen molar-refractivity contribution < 1.29 is 14.7 Å². The summed E-state index contributed by atoms with van der Waals surface area (Å²) >= 11 is 0. The molecule has 1 fully saturated rings. The van der Waals surface area contributed by atoms with E-state index in [4.69, 9.17) is 0 Å². The molecule has 3 N–H and O–H groups in total. The minimum atomic E-state index is -0.630. The number of rotatable bonds is 6. The SMILES string of the molecule is CC(NC(=O)c1ccccc1)C(=O)NCC(O)C1CC1. The lowest BCUT2D eigenvalue weighted by molar-refractivity contribution is -0.123. The maximum atomic E-state index is 11.9. The highest BCUT2D eigenvalue weighted by Gasteiger charge is 2.30. The Kier molecular flexibility index (Phi) is 4.74. The minimum absolute atomic E-state index is 0.245. The second-order valence-corrected chi connectivity index (χ2v) is 5.21. The molecule has 5 nitrogen and oxygen atoms in total. The Labute approximate surface area is 118 Å². The average molecular weight is 276 g/mol. The van der Waals surface area contributed by atoms with Crippen molar-refractivity contribution >= 4 is 11.8 Å². The van der Waals surface area contributed by atoms with E-state index in [1.54, 1.807) is 31.2 Å². The smallest absolute Gasteiger partial charge is 0.251 e. The van der Waals surface area contributed by atoms with E-state index in [0.29, 0.717) is 11.5 Å². The number of hydrogen-bond donors (Lipinski definition) is 3. The third kappa shape index (κ3) is 4.06. The van der Waals surface area contributed by atoms with Crippen molar-refractivity contribution in [2.45, 2.75) is 31.9 Å². The molecule has 0 aromatic heterocycles. The van der Waals surface area contributed by atoms with E-state index in [2.05, 4.69) is 10.6 Å². The van der Waals surface area contributed by atoms with Crippen LogP contribution < -0.4 is 10.6 Å². The topological polar surface area (TPSA) is 78.4 Å². The summed E-state index contributed by atoms with van der Waals surface area (Å²) in [5, 5.41) is 15.0. The molecule has 0 heterocycles. The molecule has 1 aliphatic carbocycles. The summed E-state index contributed by atoms with van der Waals surface area (Å²) < 4.78 is 0. The van der Waals surface area contributed by atoms with Gasteiger partial charge in [-0.15, -0.1) is 0 Å². The Hall–Kier alpha value is -1.88. The lowest BCUT2D eigenvalue weighted by atomic mass is 10.2. The Balaban J connectivity index is 1.77. The molecule has 0 aliphatic heterocycles. The second kappa shape index (κ2) is 6.52. The second-order valence-electron chi connectivity index (χ2n) is 5.21. The van der Waals surface area contributed by atoms with Crippen LogP contribution in [0.2, 0.25) is 0 Å². The van der Waals surface area contributed by atoms with Gasteiger partial charge in [-0.1, -0.05) is 18.2 Å². The molecule has 0 saturated heterocycles. The van der Waals surface area contributed by atoms with Crippen LogP contribution in [0.1, 0.15) is 30.1 Å². The fourth-order valence-corrected chi connectivity index (χ4v) is 1.94. The largest absolute Gasteiger partial charge is 0.391 e. The lowest BCUT2D eigenvalue weighted by Crippen LogP contribution is -2.46.